The minimum absolute atomic E-state index is 0.0550. The molecule has 0 saturated carbocycles. The van der Waals surface area contributed by atoms with Crippen molar-refractivity contribution in [2.75, 3.05) is 13.7 Å². The third-order valence-corrected chi connectivity index (χ3v) is 2.47. The van der Waals surface area contributed by atoms with Crippen LogP contribution >= 0.6 is 0 Å². The average molecular weight is 211 g/mol. The van der Waals surface area contributed by atoms with E-state index in [0.717, 1.165) is 24.0 Å². The minimum Gasteiger partial charge on any atom is -0.383 e. The van der Waals surface area contributed by atoms with Crippen molar-refractivity contribution in [1.82, 2.24) is 0 Å². The lowest BCUT2D eigenvalue weighted by Crippen LogP contribution is -2.26. The topological polar surface area (TPSA) is 35.2 Å². The van der Waals surface area contributed by atoms with Crippen LogP contribution in [0.25, 0.3) is 0 Å². The molecular weight excluding hydrogens is 193 g/mol. The van der Waals surface area contributed by atoms with Crippen LogP contribution in [-0.4, -0.2) is 19.8 Å². The number of nitrogens with two attached hydrogens (primary N) is 1. The highest BCUT2D eigenvalue weighted by atomic mass is 19.1. The average Bonchev–Trinajstić information content (AvgIpc) is 2.17. The first-order valence-corrected chi connectivity index (χ1v) is 5.13. The molecule has 84 valence electrons. The van der Waals surface area contributed by atoms with Gasteiger partial charge in [-0.1, -0.05) is 6.07 Å². The molecule has 1 aromatic carbocycles. The van der Waals surface area contributed by atoms with Gasteiger partial charge in [0.2, 0.25) is 0 Å². The van der Waals surface area contributed by atoms with Crippen LogP contribution in [0.3, 0.4) is 0 Å². The zero-order valence-electron chi connectivity index (χ0n) is 9.29. The molecule has 2 N–H and O–H groups in total. The standard InChI is InChI=1S/C12H18FNO/c1-9-7-11(13)5-3-10(9)4-6-12(14)8-15-2/h3,5,7,12H,4,6,8,14H2,1-2H3. The summed E-state index contributed by atoms with van der Waals surface area (Å²) in [4.78, 5) is 0. The van der Waals surface area contributed by atoms with Crippen molar-refractivity contribution < 1.29 is 9.13 Å². The van der Waals surface area contributed by atoms with E-state index in [-0.39, 0.29) is 11.9 Å². The quantitative estimate of drug-likeness (QED) is 0.809. The molecule has 2 nitrogen and oxygen atoms in total. The zero-order valence-corrected chi connectivity index (χ0v) is 9.29. The molecule has 0 saturated heterocycles. The molecule has 0 amide bonds. The summed E-state index contributed by atoms with van der Waals surface area (Å²) in [5, 5.41) is 0. The second-order valence-electron chi connectivity index (χ2n) is 3.82. The third-order valence-electron chi connectivity index (χ3n) is 2.47. The maximum Gasteiger partial charge on any atom is 0.123 e. The fraction of sp³-hybridized carbons (Fsp3) is 0.500. The SMILES string of the molecule is COCC(N)CCc1ccc(F)cc1C. The normalized spacial score (nSPS) is 12.8. The van der Waals surface area contributed by atoms with Crippen LogP contribution in [0.5, 0.6) is 0 Å². The van der Waals surface area contributed by atoms with Crippen molar-refractivity contribution >= 4 is 0 Å². The van der Waals surface area contributed by atoms with Gasteiger partial charge in [-0.25, -0.2) is 4.39 Å². The van der Waals surface area contributed by atoms with Gasteiger partial charge >= 0.3 is 0 Å². The molecule has 1 aromatic rings. The molecular formula is C12H18FNO. The van der Waals surface area contributed by atoms with E-state index >= 15 is 0 Å². The van der Waals surface area contributed by atoms with E-state index < -0.39 is 0 Å². The van der Waals surface area contributed by atoms with Gasteiger partial charge in [-0.3, -0.25) is 0 Å². The van der Waals surface area contributed by atoms with Gasteiger partial charge in [0, 0.05) is 13.2 Å². The van der Waals surface area contributed by atoms with Crippen LogP contribution in [0.4, 0.5) is 4.39 Å². The lowest BCUT2D eigenvalue weighted by molar-refractivity contribution is 0.177. The Balaban J connectivity index is 2.50. The zero-order chi connectivity index (χ0) is 11.3. The first-order chi connectivity index (χ1) is 7.13. The highest BCUT2D eigenvalue weighted by Crippen LogP contribution is 2.12. The van der Waals surface area contributed by atoms with Crippen LogP contribution < -0.4 is 5.73 Å². The summed E-state index contributed by atoms with van der Waals surface area (Å²) in [5.74, 6) is -0.183. The highest BCUT2D eigenvalue weighted by Gasteiger charge is 2.04. The summed E-state index contributed by atoms with van der Waals surface area (Å²) in [6, 6.07) is 4.92. The molecule has 0 radical (unpaired) electrons. The van der Waals surface area contributed by atoms with Crippen LogP contribution in [0, 0.1) is 12.7 Å². The Hall–Kier alpha value is -0.930. The lowest BCUT2D eigenvalue weighted by atomic mass is 10.0. The predicted molar refractivity (Wildman–Crippen MR) is 59.3 cm³/mol. The van der Waals surface area contributed by atoms with E-state index in [9.17, 15) is 4.39 Å². The maximum absolute atomic E-state index is 12.8. The number of aryl methyl sites for hydroxylation is 2. The van der Waals surface area contributed by atoms with E-state index in [2.05, 4.69) is 0 Å². The Labute approximate surface area is 90.2 Å². The molecule has 0 aliphatic carbocycles. The molecule has 1 unspecified atom stereocenters. The van der Waals surface area contributed by atoms with Crippen molar-refractivity contribution in [3.63, 3.8) is 0 Å². The van der Waals surface area contributed by atoms with Gasteiger partial charge in [-0.05, 0) is 43.0 Å². The molecule has 0 heterocycles. The molecule has 1 rings (SSSR count). The maximum atomic E-state index is 12.8. The molecule has 3 heteroatoms. The second-order valence-corrected chi connectivity index (χ2v) is 3.82. The fourth-order valence-electron chi connectivity index (χ4n) is 1.58. The van der Waals surface area contributed by atoms with Gasteiger partial charge in [0.25, 0.3) is 0 Å². The Morgan fingerprint density at radius 1 is 1.47 bits per heavy atom. The number of hydrogen-bond acceptors (Lipinski definition) is 2. The number of benzene rings is 1. The van der Waals surface area contributed by atoms with Crippen molar-refractivity contribution in [3.8, 4) is 0 Å². The second kappa shape index (κ2) is 5.83. The summed E-state index contributed by atoms with van der Waals surface area (Å²) in [7, 11) is 1.64. The van der Waals surface area contributed by atoms with Crippen LogP contribution in [0.15, 0.2) is 18.2 Å². The van der Waals surface area contributed by atoms with E-state index in [1.54, 1.807) is 13.2 Å². The van der Waals surface area contributed by atoms with Crippen LogP contribution in [0.2, 0.25) is 0 Å². The van der Waals surface area contributed by atoms with Gasteiger partial charge < -0.3 is 10.5 Å². The first-order valence-electron chi connectivity index (χ1n) is 5.13. The van der Waals surface area contributed by atoms with Crippen molar-refractivity contribution in [2.24, 2.45) is 5.73 Å². The summed E-state index contributed by atoms with van der Waals surface area (Å²) in [5.41, 5.74) is 7.95. The fourth-order valence-corrected chi connectivity index (χ4v) is 1.58. The third kappa shape index (κ3) is 3.98. The molecule has 15 heavy (non-hydrogen) atoms. The minimum atomic E-state index is -0.183. The summed E-state index contributed by atoms with van der Waals surface area (Å²) >= 11 is 0. The van der Waals surface area contributed by atoms with Gasteiger partial charge in [0.15, 0.2) is 0 Å². The number of methoxy groups -OCH3 is 1. The molecule has 0 aliphatic heterocycles. The van der Waals surface area contributed by atoms with E-state index in [1.807, 2.05) is 13.0 Å². The van der Waals surface area contributed by atoms with Crippen molar-refractivity contribution in [3.05, 3.63) is 35.1 Å². The number of hydrogen-bond donors (Lipinski definition) is 1. The van der Waals surface area contributed by atoms with Gasteiger partial charge in [-0.15, -0.1) is 0 Å². The Kier molecular flexibility index (Phi) is 4.72. The number of rotatable bonds is 5. The van der Waals surface area contributed by atoms with Crippen LogP contribution in [0.1, 0.15) is 17.5 Å². The molecule has 0 aliphatic rings. The van der Waals surface area contributed by atoms with E-state index in [1.165, 1.54) is 6.07 Å². The smallest absolute Gasteiger partial charge is 0.123 e. The summed E-state index contributed by atoms with van der Waals surface area (Å²) < 4.78 is 17.8. The lowest BCUT2D eigenvalue weighted by Gasteiger charge is -2.11. The first kappa shape index (κ1) is 12.1. The molecule has 0 aromatic heterocycles. The Bertz CT molecular complexity index is 314. The van der Waals surface area contributed by atoms with E-state index in [4.69, 9.17) is 10.5 Å². The van der Waals surface area contributed by atoms with E-state index in [0.29, 0.717) is 6.61 Å². The summed E-state index contributed by atoms with van der Waals surface area (Å²) in [6.07, 6.45) is 1.73. The van der Waals surface area contributed by atoms with Gasteiger partial charge in [0.05, 0.1) is 6.61 Å². The highest BCUT2D eigenvalue weighted by molar-refractivity contribution is 5.26. The van der Waals surface area contributed by atoms with Gasteiger partial charge in [-0.2, -0.15) is 0 Å². The van der Waals surface area contributed by atoms with Crippen LogP contribution in [-0.2, 0) is 11.2 Å². The largest absolute Gasteiger partial charge is 0.383 e. The number of ether oxygens (including phenoxy) is 1. The number of halogens is 1. The predicted octanol–water partition coefficient (Wildman–Crippen LogP) is 2.04. The summed E-state index contributed by atoms with van der Waals surface area (Å²) in [6.45, 7) is 2.49. The molecule has 0 fully saturated rings. The van der Waals surface area contributed by atoms with Crippen molar-refractivity contribution in [2.45, 2.75) is 25.8 Å². The molecule has 1 atom stereocenters. The van der Waals surface area contributed by atoms with Crippen molar-refractivity contribution in [1.29, 1.82) is 0 Å². The monoisotopic (exact) mass is 211 g/mol. The Morgan fingerprint density at radius 2 is 2.20 bits per heavy atom. The Morgan fingerprint density at radius 3 is 2.80 bits per heavy atom. The molecule has 0 bridgehead atoms. The molecule has 0 spiro atoms. The van der Waals surface area contributed by atoms with Gasteiger partial charge in [0.1, 0.15) is 5.82 Å².